The van der Waals surface area contributed by atoms with Crippen molar-refractivity contribution in [1.82, 2.24) is 10.2 Å². The summed E-state index contributed by atoms with van der Waals surface area (Å²) < 4.78 is 12.6. The molecule has 3 atom stereocenters. The molecule has 0 saturated heterocycles. The number of hydrogen-bond acceptors (Lipinski definition) is 7. The number of amides is 2. The molecule has 1 aliphatic rings. The molecule has 0 bridgehead atoms. The van der Waals surface area contributed by atoms with Gasteiger partial charge in [0.1, 0.15) is 23.7 Å². The average Bonchev–Trinajstić information content (AvgIpc) is 2.85. The van der Waals surface area contributed by atoms with Gasteiger partial charge in [0.05, 0.1) is 22.3 Å². The lowest BCUT2D eigenvalue weighted by Crippen LogP contribution is -2.55. The van der Waals surface area contributed by atoms with Crippen LogP contribution in [0.15, 0.2) is 35.9 Å². The molecule has 1 aromatic carbocycles. The zero-order valence-electron chi connectivity index (χ0n) is 21.8. The lowest BCUT2D eigenvalue weighted by molar-refractivity contribution is -0.139. The molecule has 0 heterocycles. The van der Waals surface area contributed by atoms with Crippen LogP contribution in [0.2, 0.25) is 0 Å². The van der Waals surface area contributed by atoms with Gasteiger partial charge in [0, 0.05) is 44.5 Å². The number of ketones is 1. The Morgan fingerprint density at radius 3 is 2.57 bits per heavy atom. The van der Waals surface area contributed by atoms with Crippen LogP contribution in [0.25, 0.3) is 0 Å². The first-order valence-corrected chi connectivity index (χ1v) is 13.8. The Morgan fingerprint density at radius 2 is 1.92 bits per heavy atom. The monoisotopic (exact) mass is 630 g/mol. The average molecular weight is 631 g/mol. The first-order chi connectivity index (χ1) is 17.6. The maximum Gasteiger partial charge on any atom is 0.247 e. The minimum atomic E-state index is -1.09. The van der Waals surface area contributed by atoms with Crippen molar-refractivity contribution in [3.8, 4) is 5.75 Å². The fourth-order valence-corrected chi connectivity index (χ4v) is 4.64. The van der Waals surface area contributed by atoms with Gasteiger partial charge in [-0.3, -0.25) is 9.59 Å². The van der Waals surface area contributed by atoms with Gasteiger partial charge in [-0.15, -0.1) is 0 Å². The summed E-state index contributed by atoms with van der Waals surface area (Å²) in [5.41, 5.74) is 0.375. The number of hydrogen-bond donors (Lipinski definition) is 3. The summed E-state index contributed by atoms with van der Waals surface area (Å²) in [6.45, 7) is 6.02. The second kappa shape index (κ2) is 16.1. The molecule has 0 aromatic heterocycles. The van der Waals surface area contributed by atoms with E-state index in [4.69, 9.17) is 14.6 Å². The van der Waals surface area contributed by atoms with Gasteiger partial charge in [-0.25, -0.2) is 0 Å². The molecule has 1 aliphatic carbocycles. The molecular formula is C27H39IN2O7. The van der Waals surface area contributed by atoms with Gasteiger partial charge in [0.15, 0.2) is 0 Å². The fraction of sp³-hybridized carbons (Fsp3) is 0.593. The number of rotatable bonds is 15. The maximum atomic E-state index is 13.3. The largest absolute Gasteiger partial charge is 0.482 e. The predicted octanol–water partition coefficient (Wildman–Crippen LogP) is 2.61. The van der Waals surface area contributed by atoms with E-state index in [1.165, 1.54) is 6.92 Å². The fourth-order valence-electron chi connectivity index (χ4n) is 4.13. The molecule has 0 radical (unpaired) electrons. The van der Waals surface area contributed by atoms with Gasteiger partial charge in [-0.05, 0) is 74.4 Å². The zero-order chi connectivity index (χ0) is 27.4. The SMILES string of the molecule is CC(=O)CCCC(=O)N(CCCOC(C)C)C1CC(C(=O)NCCO)=CC(Oc2ccccc2I)C1O. The summed E-state index contributed by atoms with van der Waals surface area (Å²) in [6.07, 6.45) is 1.25. The number of ether oxygens (including phenoxy) is 2. The molecular weight excluding hydrogens is 591 g/mol. The highest BCUT2D eigenvalue weighted by Gasteiger charge is 2.40. The van der Waals surface area contributed by atoms with Gasteiger partial charge >= 0.3 is 0 Å². The van der Waals surface area contributed by atoms with E-state index in [9.17, 15) is 19.5 Å². The molecule has 3 unspecified atom stereocenters. The van der Waals surface area contributed by atoms with Crippen LogP contribution in [0.3, 0.4) is 0 Å². The normalized spacial score (nSPS) is 19.3. The highest BCUT2D eigenvalue weighted by atomic mass is 127. The van der Waals surface area contributed by atoms with Crippen molar-refractivity contribution in [2.75, 3.05) is 26.3 Å². The number of nitrogens with one attached hydrogen (secondary N) is 1. The third-order valence-electron chi connectivity index (χ3n) is 5.95. The van der Waals surface area contributed by atoms with E-state index in [1.54, 1.807) is 17.0 Å². The van der Waals surface area contributed by atoms with Crippen LogP contribution in [0, 0.1) is 3.57 Å². The topological polar surface area (TPSA) is 125 Å². The third kappa shape index (κ3) is 10.3. The standard InChI is InChI=1S/C27H39IN2O7/c1-18(2)36-15-7-13-30(25(33)11-6-8-19(3)32)22-16-20(27(35)29-12-14-31)17-24(26(22)34)37-23-10-5-4-9-21(23)28/h4-5,9-10,17-18,22,24,26,31,34H,6-8,11-16H2,1-3H3,(H,29,35). The Labute approximate surface area is 232 Å². The van der Waals surface area contributed by atoms with E-state index in [-0.39, 0.29) is 49.7 Å². The summed E-state index contributed by atoms with van der Waals surface area (Å²) in [5.74, 6) is -0.00254. The van der Waals surface area contributed by atoms with Crippen LogP contribution in [0.4, 0.5) is 0 Å². The van der Waals surface area contributed by atoms with Crippen LogP contribution in [-0.2, 0) is 19.1 Å². The van der Waals surface area contributed by atoms with E-state index in [2.05, 4.69) is 27.9 Å². The quantitative estimate of drug-likeness (QED) is 0.201. The molecule has 9 nitrogen and oxygen atoms in total. The Morgan fingerprint density at radius 1 is 1.19 bits per heavy atom. The summed E-state index contributed by atoms with van der Waals surface area (Å²) in [6, 6.07) is 6.64. The van der Waals surface area contributed by atoms with E-state index in [0.717, 1.165) is 3.57 Å². The number of aliphatic hydroxyl groups is 2. The van der Waals surface area contributed by atoms with Crippen molar-refractivity contribution in [2.24, 2.45) is 0 Å². The molecule has 0 aliphatic heterocycles. The third-order valence-corrected chi connectivity index (χ3v) is 6.84. The smallest absolute Gasteiger partial charge is 0.247 e. The number of nitrogens with zero attached hydrogens (tertiary/aromatic N) is 1. The lowest BCUT2D eigenvalue weighted by Gasteiger charge is -2.40. The Balaban J connectivity index is 2.33. The Bertz CT molecular complexity index is 937. The molecule has 206 valence electrons. The van der Waals surface area contributed by atoms with Crippen molar-refractivity contribution < 1.29 is 34.1 Å². The highest BCUT2D eigenvalue weighted by molar-refractivity contribution is 14.1. The highest BCUT2D eigenvalue weighted by Crippen LogP contribution is 2.30. The first kappa shape index (κ1) is 31.2. The minimum Gasteiger partial charge on any atom is -0.482 e. The summed E-state index contributed by atoms with van der Waals surface area (Å²) in [5, 5.41) is 23.2. The van der Waals surface area contributed by atoms with Crippen molar-refractivity contribution in [2.45, 2.75) is 77.2 Å². The van der Waals surface area contributed by atoms with Gasteiger partial charge in [0.25, 0.3) is 0 Å². The maximum absolute atomic E-state index is 13.3. The molecule has 0 spiro atoms. The first-order valence-electron chi connectivity index (χ1n) is 12.7. The number of carbonyl (C=O) groups excluding carboxylic acids is 3. The van der Waals surface area contributed by atoms with E-state index < -0.39 is 18.2 Å². The molecule has 0 saturated carbocycles. The van der Waals surface area contributed by atoms with Crippen molar-refractivity contribution in [3.05, 3.63) is 39.5 Å². The van der Waals surface area contributed by atoms with Gasteiger partial charge in [-0.2, -0.15) is 0 Å². The lowest BCUT2D eigenvalue weighted by atomic mass is 9.87. The number of Topliss-reactive ketones (excluding diaryl/α,β-unsaturated/α-hetero) is 1. The van der Waals surface area contributed by atoms with E-state index in [1.807, 2.05) is 32.0 Å². The molecule has 3 N–H and O–H groups in total. The number of benzene rings is 1. The summed E-state index contributed by atoms with van der Waals surface area (Å²) in [7, 11) is 0. The predicted molar refractivity (Wildman–Crippen MR) is 148 cm³/mol. The van der Waals surface area contributed by atoms with Crippen LogP contribution in [0.5, 0.6) is 5.75 Å². The van der Waals surface area contributed by atoms with E-state index >= 15 is 0 Å². The van der Waals surface area contributed by atoms with Crippen molar-refractivity contribution >= 4 is 40.2 Å². The van der Waals surface area contributed by atoms with Gasteiger partial charge in [0.2, 0.25) is 11.8 Å². The second-order valence-electron chi connectivity index (χ2n) is 9.36. The van der Waals surface area contributed by atoms with Crippen molar-refractivity contribution in [1.29, 1.82) is 0 Å². The molecule has 10 heteroatoms. The molecule has 37 heavy (non-hydrogen) atoms. The Hall–Kier alpha value is -2.02. The van der Waals surface area contributed by atoms with E-state index in [0.29, 0.717) is 43.7 Å². The number of aliphatic hydroxyl groups excluding tert-OH is 2. The number of para-hydroxylation sites is 1. The molecule has 2 amide bonds. The zero-order valence-corrected chi connectivity index (χ0v) is 24.0. The van der Waals surface area contributed by atoms with Crippen LogP contribution >= 0.6 is 22.6 Å². The minimum absolute atomic E-state index is 0.0130. The van der Waals surface area contributed by atoms with Crippen molar-refractivity contribution in [3.63, 3.8) is 0 Å². The van der Waals surface area contributed by atoms with Gasteiger partial charge in [-0.1, -0.05) is 12.1 Å². The van der Waals surface area contributed by atoms with Gasteiger partial charge < -0.3 is 34.7 Å². The summed E-state index contributed by atoms with van der Waals surface area (Å²) >= 11 is 2.14. The molecule has 2 rings (SSSR count). The second-order valence-corrected chi connectivity index (χ2v) is 10.5. The number of halogens is 1. The summed E-state index contributed by atoms with van der Waals surface area (Å²) in [4.78, 5) is 39.2. The van der Waals surface area contributed by atoms with Crippen LogP contribution in [-0.4, -0.2) is 83.4 Å². The molecule has 1 aromatic rings. The van der Waals surface area contributed by atoms with Crippen LogP contribution < -0.4 is 10.1 Å². The Kier molecular flexibility index (Phi) is 13.5. The number of carbonyl (C=O) groups is 3. The van der Waals surface area contributed by atoms with Crippen LogP contribution in [0.1, 0.15) is 52.9 Å². The molecule has 0 fully saturated rings.